The van der Waals surface area contributed by atoms with Crippen molar-refractivity contribution in [1.82, 2.24) is 0 Å². The van der Waals surface area contributed by atoms with Gasteiger partial charge in [0.25, 0.3) is 0 Å². The first-order valence-electron chi connectivity index (χ1n) is 12.1. The van der Waals surface area contributed by atoms with Gasteiger partial charge in [-0.05, 0) is 68.5 Å². The minimum atomic E-state index is -0.359. The van der Waals surface area contributed by atoms with Gasteiger partial charge in [0.05, 0.1) is 18.8 Å². The fourth-order valence-corrected chi connectivity index (χ4v) is 7.24. The largest absolute Gasteiger partial charge is 0.493 e. The van der Waals surface area contributed by atoms with Crippen molar-refractivity contribution in [3.8, 4) is 16.2 Å². The maximum absolute atomic E-state index is 12.8. The molecule has 2 saturated heterocycles. The average molecular weight is 545 g/mol. The molecule has 0 radical (unpaired) electrons. The number of allylic oxidation sites excluding steroid dienone is 1. The Kier molecular flexibility index (Phi) is 7.44. The first-order valence-corrected chi connectivity index (χ1v) is 14.7. The van der Waals surface area contributed by atoms with Crippen molar-refractivity contribution >= 4 is 44.8 Å². The predicted molar refractivity (Wildman–Crippen MR) is 142 cm³/mol. The van der Waals surface area contributed by atoms with Gasteiger partial charge in [0.2, 0.25) is 0 Å². The summed E-state index contributed by atoms with van der Waals surface area (Å²) in [5.41, 5.74) is 1.90. The second-order valence-electron chi connectivity index (χ2n) is 9.52. The summed E-state index contributed by atoms with van der Waals surface area (Å²) in [7, 11) is 3.27. The smallest absolute Gasteiger partial charge is 0.334 e. The Morgan fingerprint density at radius 1 is 1.25 bits per heavy atom. The van der Waals surface area contributed by atoms with Crippen molar-refractivity contribution in [3.05, 3.63) is 58.0 Å². The van der Waals surface area contributed by atoms with Crippen LogP contribution in [-0.2, 0) is 23.8 Å². The normalized spacial score (nSPS) is 28.8. The third-order valence-corrected chi connectivity index (χ3v) is 9.91. The number of esters is 2. The van der Waals surface area contributed by atoms with Crippen LogP contribution < -0.4 is 4.74 Å². The molecule has 0 N–H and O–H groups in total. The molecule has 2 fully saturated rings. The van der Waals surface area contributed by atoms with Gasteiger partial charge in [0, 0.05) is 28.4 Å². The third kappa shape index (κ3) is 5.49. The van der Waals surface area contributed by atoms with Crippen LogP contribution in [-0.4, -0.2) is 43.0 Å². The lowest BCUT2D eigenvalue weighted by molar-refractivity contribution is -0.141. The van der Waals surface area contributed by atoms with Crippen molar-refractivity contribution in [3.63, 3.8) is 0 Å². The minimum absolute atomic E-state index is 0.0975. The molecule has 0 spiro atoms. The van der Waals surface area contributed by atoms with Gasteiger partial charge >= 0.3 is 11.9 Å². The summed E-state index contributed by atoms with van der Waals surface area (Å²) in [4.78, 5) is 26.1. The van der Waals surface area contributed by atoms with Crippen molar-refractivity contribution < 1.29 is 28.5 Å². The molecule has 2 aliphatic heterocycles. The van der Waals surface area contributed by atoms with E-state index in [9.17, 15) is 9.59 Å². The van der Waals surface area contributed by atoms with E-state index in [1.165, 1.54) is 0 Å². The topological polar surface area (TPSA) is 74.4 Å². The number of carbonyl (C=O) groups is 2. The second-order valence-corrected chi connectivity index (χ2v) is 12.4. The standard InChI is InChI=1S/C27H28O6S3/c1-16-20-11-8-18(5-3-12-27(2)24(33-27)23(20)32-25(16)28)26(29)31-14-4-13-30-19-9-6-17(7-10-19)21-15-22(34)36-35-21/h5-7,9-10,15,20,23-24H,1,3-4,8,11-14H2,2H3/b18-5+/t20-,23-,24-,27+/m0/s1. The Balaban J connectivity index is 1.09. The van der Waals surface area contributed by atoms with Crippen molar-refractivity contribution in [2.75, 3.05) is 13.2 Å². The van der Waals surface area contributed by atoms with Gasteiger partial charge in [-0.25, -0.2) is 9.59 Å². The Hall–Kier alpha value is -2.33. The molecule has 3 heterocycles. The van der Waals surface area contributed by atoms with Crippen molar-refractivity contribution in [2.24, 2.45) is 5.92 Å². The lowest BCUT2D eigenvalue weighted by atomic mass is 9.84. The van der Waals surface area contributed by atoms with E-state index in [0.29, 0.717) is 43.4 Å². The first kappa shape index (κ1) is 25.3. The summed E-state index contributed by atoms with van der Waals surface area (Å²) in [5, 5.41) is 0. The van der Waals surface area contributed by atoms with Gasteiger partial charge < -0.3 is 18.9 Å². The van der Waals surface area contributed by atoms with E-state index in [-0.39, 0.29) is 42.3 Å². The van der Waals surface area contributed by atoms with Crippen molar-refractivity contribution in [2.45, 2.75) is 56.8 Å². The maximum atomic E-state index is 12.8. The lowest BCUT2D eigenvalue weighted by Gasteiger charge is -2.19. The summed E-state index contributed by atoms with van der Waals surface area (Å²) >= 11 is 5.20. The number of benzene rings is 1. The molecule has 190 valence electrons. The molecule has 6 nitrogen and oxygen atoms in total. The lowest BCUT2D eigenvalue weighted by Crippen LogP contribution is -2.29. The van der Waals surface area contributed by atoms with Gasteiger partial charge in [-0.1, -0.05) is 45.6 Å². The van der Waals surface area contributed by atoms with Gasteiger partial charge in [0.15, 0.2) is 0 Å². The summed E-state index contributed by atoms with van der Waals surface area (Å²) in [6.45, 7) is 6.68. The molecule has 0 saturated carbocycles. The molecular formula is C27H28O6S3. The number of fused-ring (bicyclic) bond motifs is 3. The number of epoxide rings is 1. The van der Waals surface area contributed by atoms with Crippen molar-refractivity contribution in [1.29, 1.82) is 0 Å². The monoisotopic (exact) mass is 544 g/mol. The van der Waals surface area contributed by atoms with E-state index in [1.807, 2.05) is 43.3 Å². The van der Waals surface area contributed by atoms with Crippen LogP contribution in [0, 0.1) is 9.74 Å². The van der Waals surface area contributed by atoms with E-state index in [4.69, 9.17) is 31.2 Å². The fourth-order valence-electron chi connectivity index (χ4n) is 4.84. The number of carbonyl (C=O) groups excluding carboxylic acids is 2. The Bertz CT molecular complexity index is 1240. The van der Waals surface area contributed by atoms with Gasteiger partial charge in [0.1, 0.15) is 21.8 Å². The van der Waals surface area contributed by atoms with Crippen LogP contribution in [0.2, 0.25) is 0 Å². The summed E-state index contributed by atoms with van der Waals surface area (Å²) < 4.78 is 23.7. The van der Waals surface area contributed by atoms with E-state index in [1.54, 1.807) is 20.7 Å². The molecule has 0 bridgehead atoms. The highest BCUT2D eigenvalue weighted by Gasteiger charge is 2.61. The highest BCUT2D eigenvalue weighted by molar-refractivity contribution is 7.80. The first-order chi connectivity index (χ1) is 17.3. The third-order valence-electron chi connectivity index (χ3n) is 7.00. The molecule has 0 unspecified atom stereocenters. The van der Waals surface area contributed by atoms with Crippen LogP contribution >= 0.6 is 32.9 Å². The van der Waals surface area contributed by atoms with E-state index in [2.05, 4.69) is 6.58 Å². The molecule has 36 heavy (non-hydrogen) atoms. The Morgan fingerprint density at radius 2 is 2.06 bits per heavy atom. The molecule has 2 aromatic rings. The van der Waals surface area contributed by atoms with Gasteiger partial charge in [-0.2, -0.15) is 0 Å². The molecule has 1 aromatic heterocycles. The van der Waals surface area contributed by atoms with Crippen LogP contribution in [0.3, 0.4) is 0 Å². The highest BCUT2D eigenvalue weighted by atomic mass is 32.9. The highest BCUT2D eigenvalue weighted by Crippen LogP contribution is 2.49. The second kappa shape index (κ2) is 10.6. The fraction of sp³-hybridized carbons (Fsp3) is 0.444. The van der Waals surface area contributed by atoms with Crippen LogP contribution in [0.5, 0.6) is 5.75 Å². The zero-order valence-corrected chi connectivity index (χ0v) is 22.5. The molecule has 0 amide bonds. The number of ether oxygens (including phenoxy) is 4. The molecule has 4 atom stereocenters. The zero-order valence-electron chi connectivity index (χ0n) is 20.0. The van der Waals surface area contributed by atoms with Crippen LogP contribution in [0.1, 0.15) is 39.0 Å². The minimum Gasteiger partial charge on any atom is -0.493 e. The number of hydrogen-bond acceptors (Lipinski definition) is 9. The summed E-state index contributed by atoms with van der Waals surface area (Å²) in [6.07, 6.45) is 4.71. The molecule has 3 aliphatic rings. The molecule has 9 heteroatoms. The van der Waals surface area contributed by atoms with Gasteiger partial charge in [-0.15, -0.1) is 0 Å². The van der Waals surface area contributed by atoms with Crippen LogP contribution in [0.25, 0.3) is 10.4 Å². The number of hydrogen-bond donors (Lipinski definition) is 0. The molecular weight excluding hydrogens is 516 g/mol. The SMILES string of the molecule is C=C1C(=O)O[C@H]2[C@H]1CC/C(C(=O)OCCCOc1ccc(-c3cc(=S)ss3)cc1)=C\CC[C@@]1(C)O[C@@H]21. The zero-order chi connectivity index (χ0) is 25.3. The van der Waals surface area contributed by atoms with E-state index in [0.717, 1.165) is 26.4 Å². The van der Waals surface area contributed by atoms with E-state index >= 15 is 0 Å². The molecule has 5 rings (SSSR count). The van der Waals surface area contributed by atoms with Gasteiger partial charge in [-0.3, -0.25) is 0 Å². The average Bonchev–Trinajstić information content (AvgIpc) is 3.18. The molecule has 1 aliphatic carbocycles. The van der Waals surface area contributed by atoms with Crippen LogP contribution in [0.4, 0.5) is 0 Å². The quantitative estimate of drug-likeness (QED) is 0.102. The molecule has 1 aromatic carbocycles. The number of rotatable bonds is 7. The van der Waals surface area contributed by atoms with Crippen LogP contribution in [0.15, 0.2) is 54.1 Å². The Labute approximate surface area is 222 Å². The Morgan fingerprint density at radius 3 is 2.81 bits per heavy atom. The summed E-state index contributed by atoms with van der Waals surface area (Å²) in [6, 6.07) is 9.92. The predicted octanol–water partition coefficient (Wildman–Crippen LogP) is 6.27. The van der Waals surface area contributed by atoms with E-state index < -0.39 is 0 Å². The summed E-state index contributed by atoms with van der Waals surface area (Å²) in [5.74, 6) is -0.0418. The maximum Gasteiger partial charge on any atom is 0.334 e.